The van der Waals surface area contributed by atoms with Crippen molar-refractivity contribution in [2.75, 3.05) is 0 Å². The Labute approximate surface area is 237 Å². The van der Waals surface area contributed by atoms with Crippen LogP contribution in [0, 0.1) is 0 Å². The molecule has 0 atom stereocenters. The normalized spacial score (nSPS) is 11.9. The molecule has 4 heteroatoms. The zero-order valence-corrected chi connectivity index (χ0v) is 25.0. The third-order valence-corrected chi connectivity index (χ3v) is 12.0. The number of para-hydroxylation sites is 3. The van der Waals surface area contributed by atoms with Gasteiger partial charge in [-0.15, -0.1) is 0 Å². The molecule has 7 rings (SSSR count). The Bertz CT molecular complexity index is 1920. The van der Waals surface area contributed by atoms with Gasteiger partial charge in [0.2, 0.25) is 0 Å². The molecule has 0 fully saturated rings. The number of furan rings is 1. The molecule has 0 saturated heterocycles. The monoisotopic (exact) mass is 580 g/mol. The summed E-state index contributed by atoms with van der Waals surface area (Å²) in [6, 6.07) is 43.0. The van der Waals surface area contributed by atoms with E-state index in [9.17, 15) is 0 Å². The topological polar surface area (TPSA) is 31.0 Å². The molecule has 2 aromatic heterocycles. The van der Waals surface area contributed by atoms with Crippen molar-refractivity contribution >= 4 is 39.7 Å². The van der Waals surface area contributed by atoms with Crippen LogP contribution in [0.25, 0.3) is 61.3 Å². The van der Waals surface area contributed by atoms with E-state index in [0.717, 1.165) is 50.2 Å². The molecule has 0 N–H and O–H groups in total. The number of rotatable bonds is 5. The van der Waals surface area contributed by atoms with Crippen molar-refractivity contribution in [2.45, 2.75) is 17.3 Å². The Hall–Kier alpha value is -4.35. The first-order valence-electron chi connectivity index (χ1n) is 13.7. The average Bonchev–Trinajstić information content (AvgIpc) is 3.58. The molecule has 0 saturated carbocycles. The van der Waals surface area contributed by atoms with E-state index >= 15 is 0 Å². The van der Waals surface area contributed by atoms with Crippen LogP contribution in [-0.2, 0) is 0 Å². The van der Waals surface area contributed by atoms with Gasteiger partial charge in [-0.1, -0.05) is 0 Å². The summed E-state index contributed by atoms with van der Waals surface area (Å²) in [4.78, 5) is 5.26. The van der Waals surface area contributed by atoms with Gasteiger partial charge in [0.25, 0.3) is 0 Å². The van der Waals surface area contributed by atoms with Crippen LogP contribution in [0.5, 0.6) is 0 Å². The van der Waals surface area contributed by atoms with Gasteiger partial charge in [-0.25, -0.2) is 0 Å². The number of nitrogens with zero attached hydrogens (tertiary/aromatic N) is 2. The Kier molecular flexibility index (Phi) is 5.98. The Balaban J connectivity index is 1.60. The quantitative estimate of drug-likeness (QED) is 0.190. The predicted molar refractivity (Wildman–Crippen MR) is 170 cm³/mol. The van der Waals surface area contributed by atoms with E-state index in [4.69, 9.17) is 9.40 Å². The van der Waals surface area contributed by atoms with Gasteiger partial charge in [-0.2, -0.15) is 0 Å². The van der Waals surface area contributed by atoms with Crippen molar-refractivity contribution in [2.24, 2.45) is 0 Å². The molecule has 3 nitrogen and oxygen atoms in total. The first kappa shape index (κ1) is 24.7. The molecule has 0 radical (unpaired) electrons. The SMILES string of the molecule is [CH3][Ge]([CH3])([CH3])[c]1ccc2occ(-c3nc4ccccc4n3-c3c(-c4ccccc4)cccc3-c3ccccc3)c2c1. The maximum absolute atomic E-state index is 6.16. The number of benzene rings is 5. The number of imidazole rings is 1. The Morgan fingerprint density at radius 1 is 0.625 bits per heavy atom. The number of fused-ring (bicyclic) bond motifs is 2. The van der Waals surface area contributed by atoms with Gasteiger partial charge in [-0.3, -0.25) is 0 Å². The van der Waals surface area contributed by atoms with E-state index in [-0.39, 0.29) is 0 Å². The van der Waals surface area contributed by atoms with E-state index in [1.165, 1.54) is 15.5 Å². The molecule has 194 valence electrons. The molecular formula is C36H30GeN2O. The molecule has 0 spiro atoms. The van der Waals surface area contributed by atoms with E-state index in [1.807, 2.05) is 6.26 Å². The molecule has 0 aliphatic heterocycles. The summed E-state index contributed by atoms with van der Waals surface area (Å²) in [7, 11) is 0. The van der Waals surface area contributed by atoms with Crippen molar-refractivity contribution in [3.63, 3.8) is 0 Å². The van der Waals surface area contributed by atoms with Crippen LogP contribution in [0.3, 0.4) is 0 Å². The summed E-state index contributed by atoms with van der Waals surface area (Å²) in [5.41, 5.74) is 9.69. The van der Waals surface area contributed by atoms with Crippen molar-refractivity contribution in [3.05, 3.63) is 128 Å². The molecule has 2 heterocycles. The molecule has 0 aliphatic carbocycles. The minimum absolute atomic E-state index is 0.888. The number of hydrogen-bond acceptors (Lipinski definition) is 2. The van der Waals surface area contributed by atoms with Gasteiger partial charge in [-0.05, 0) is 0 Å². The Morgan fingerprint density at radius 2 is 1.25 bits per heavy atom. The second kappa shape index (κ2) is 9.69. The zero-order valence-electron chi connectivity index (χ0n) is 22.9. The predicted octanol–water partition coefficient (Wildman–Crippen LogP) is 9.32. The van der Waals surface area contributed by atoms with E-state index in [0.29, 0.717) is 0 Å². The van der Waals surface area contributed by atoms with Gasteiger partial charge in [0.15, 0.2) is 0 Å². The second-order valence-electron chi connectivity index (χ2n) is 11.3. The van der Waals surface area contributed by atoms with Gasteiger partial charge in [0, 0.05) is 0 Å². The van der Waals surface area contributed by atoms with Crippen molar-refractivity contribution in [3.8, 4) is 39.3 Å². The van der Waals surface area contributed by atoms with Crippen LogP contribution in [0.4, 0.5) is 0 Å². The number of aromatic nitrogens is 2. The van der Waals surface area contributed by atoms with Crippen LogP contribution in [0.15, 0.2) is 132 Å². The fourth-order valence-corrected chi connectivity index (χ4v) is 8.02. The minimum atomic E-state index is -2.07. The first-order chi connectivity index (χ1) is 19.5. The number of hydrogen-bond donors (Lipinski definition) is 0. The molecule has 5 aromatic carbocycles. The van der Waals surface area contributed by atoms with Crippen LogP contribution in [-0.4, -0.2) is 22.8 Å². The summed E-state index contributed by atoms with van der Waals surface area (Å²) in [6.45, 7) is 0. The van der Waals surface area contributed by atoms with Crippen LogP contribution < -0.4 is 4.40 Å². The summed E-state index contributed by atoms with van der Waals surface area (Å²) >= 11 is -2.07. The second-order valence-corrected chi connectivity index (χ2v) is 22.0. The fourth-order valence-electron chi connectivity index (χ4n) is 5.59. The first-order valence-corrected chi connectivity index (χ1v) is 21.1. The van der Waals surface area contributed by atoms with E-state index < -0.39 is 13.3 Å². The van der Waals surface area contributed by atoms with E-state index in [2.05, 4.69) is 143 Å². The summed E-state index contributed by atoms with van der Waals surface area (Å²) < 4.78 is 9.95. The molecule has 0 unspecified atom stereocenters. The van der Waals surface area contributed by atoms with Crippen LogP contribution in [0.2, 0.25) is 17.3 Å². The summed E-state index contributed by atoms with van der Waals surface area (Å²) in [5, 5.41) is 1.12. The summed E-state index contributed by atoms with van der Waals surface area (Å²) in [6.07, 6.45) is 1.88. The average molecular weight is 579 g/mol. The van der Waals surface area contributed by atoms with Gasteiger partial charge >= 0.3 is 238 Å². The van der Waals surface area contributed by atoms with Crippen molar-refractivity contribution in [1.29, 1.82) is 0 Å². The fraction of sp³-hybridized carbons (Fsp3) is 0.0833. The zero-order chi connectivity index (χ0) is 27.3. The van der Waals surface area contributed by atoms with E-state index in [1.54, 1.807) is 0 Å². The third-order valence-electron chi connectivity index (χ3n) is 7.67. The van der Waals surface area contributed by atoms with Crippen molar-refractivity contribution in [1.82, 2.24) is 9.55 Å². The molecule has 0 bridgehead atoms. The van der Waals surface area contributed by atoms with Gasteiger partial charge in [0.05, 0.1) is 0 Å². The van der Waals surface area contributed by atoms with Gasteiger partial charge in [0.1, 0.15) is 0 Å². The molecule has 0 amide bonds. The third kappa shape index (κ3) is 4.18. The molecule has 0 aliphatic rings. The maximum atomic E-state index is 6.16. The van der Waals surface area contributed by atoms with Crippen molar-refractivity contribution < 1.29 is 4.42 Å². The molecule has 40 heavy (non-hydrogen) atoms. The summed E-state index contributed by atoms with van der Waals surface area (Å²) in [5.74, 6) is 8.17. The Morgan fingerprint density at radius 3 is 1.90 bits per heavy atom. The van der Waals surface area contributed by atoms with Gasteiger partial charge < -0.3 is 0 Å². The van der Waals surface area contributed by atoms with Crippen LogP contribution >= 0.6 is 0 Å². The molecule has 7 aromatic rings. The standard InChI is InChI=1S/C36H30GeN2O/c1-37(2,3)27-21-22-34-30(23-27)31(24-40-34)36-38-32-19-10-11-20-33(32)39(36)35-28(25-13-6-4-7-14-25)17-12-18-29(35)26-15-8-5-9-16-26/h4-24H,1-3H3. The van der Waals surface area contributed by atoms with Crippen LogP contribution in [0.1, 0.15) is 0 Å². The molecular weight excluding hydrogens is 549 g/mol.